The van der Waals surface area contributed by atoms with Gasteiger partial charge in [-0.2, -0.15) is 5.26 Å². The van der Waals surface area contributed by atoms with E-state index in [-0.39, 0.29) is 5.92 Å². The largest absolute Gasteiger partial charge is 0.381 e. The highest BCUT2D eigenvalue weighted by Gasteiger charge is 2.30. The van der Waals surface area contributed by atoms with E-state index in [1.54, 1.807) is 0 Å². The van der Waals surface area contributed by atoms with Crippen LogP contribution in [-0.4, -0.2) is 13.2 Å². The second-order valence-corrected chi connectivity index (χ2v) is 3.20. The first kappa shape index (κ1) is 7.56. The number of rotatable bonds is 2. The lowest BCUT2D eigenvalue weighted by Gasteiger charge is -2.31. The van der Waals surface area contributed by atoms with Crippen molar-refractivity contribution in [3.05, 3.63) is 0 Å². The first-order valence-electron chi connectivity index (χ1n) is 3.73. The van der Waals surface area contributed by atoms with Gasteiger partial charge in [-0.15, -0.1) is 0 Å². The molecule has 1 saturated heterocycles. The van der Waals surface area contributed by atoms with Crippen molar-refractivity contribution in [2.45, 2.75) is 13.8 Å². The van der Waals surface area contributed by atoms with Crippen LogP contribution in [0.15, 0.2) is 0 Å². The highest BCUT2D eigenvalue weighted by atomic mass is 16.5. The summed E-state index contributed by atoms with van der Waals surface area (Å²) in [6.07, 6.45) is 0. The Balaban J connectivity index is 2.41. The van der Waals surface area contributed by atoms with Crippen molar-refractivity contribution >= 4 is 0 Å². The Bertz CT molecular complexity index is 144. The number of nitriles is 1. The Kier molecular flexibility index (Phi) is 2.29. The van der Waals surface area contributed by atoms with Crippen molar-refractivity contribution in [3.8, 4) is 6.07 Å². The zero-order valence-electron chi connectivity index (χ0n) is 6.50. The third kappa shape index (κ3) is 1.30. The van der Waals surface area contributed by atoms with Gasteiger partial charge >= 0.3 is 0 Å². The third-order valence-electron chi connectivity index (χ3n) is 2.04. The molecule has 1 fully saturated rings. The number of hydrogen-bond acceptors (Lipinski definition) is 2. The molecule has 1 heterocycles. The van der Waals surface area contributed by atoms with Gasteiger partial charge in [-0.05, 0) is 5.92 Å². The van der Waals surface area contributed by atoms with Crippen LogP contribution in [0.4, 0.5) is 0 Å². The van der Waals surface area contributed by atoms with Crippen molar-refractivity contribution in [1.82, 2.24) is 0 Å². The molecule has 1 aliphatic rings. The molecule has 0 aromatic heterocycles. The van der Waals surface area contributed by atoms with Crippen LogP contribution in [0.3, 0.4) is 0 Å². The molecule has 0 N–H and O–H groups in total. The van der Waals surface area contributed by atoms with Crippen molar-refractivity contribution < 1.29 is 4.74 Å². The molecular formula is C8H13NO. The molecule has 0 spiro atoms. The quantitative estimate of drug-likeness (QED) is 0.579. The van der Waals surface area contributed by atoms with Crippen molar-refractivity contribution in [3.63, 3.8) is 0 Å². The lowest BCUT2D eigenvalue weighted by molar-refractivity contribution is -0.0575. The van der Waals surface area contributed by atoms with Crippen molar-refractivity contribution in [2.24, 2.45) is 17.8 Å². The van der Waals surface area contributed by atoms with E-state index >= 15 is 0 Å². The smallest absolute Gasteiger partial charge is 0.0663 e. The maximum absolute atomic E-state index is 8.73. The van der Waals surface area contributed by atoms with Crippen molar-refractivity contribution in [2.75, 3.05) is 13.2 Å². The van der Waals surface area contributed by atoms with Crippen LogP contribution in [0, 0.1) is 29.1 Å². The van der Waals surface area contributed by atoms with Crippen molar-refractivity contribution in [1.29, 1.82) is 5.26 Å². The number of hydrogen-bond donors (Lipinski definition) is 0. The van der Waals surface area contributed by atoms with E-state index in [1.165, 1.54) is 0 Å². The summed E-state index contributed by atoms with van der Waals surface area (Å²) in [5.74, 6) is 1.18. The standard InChI is InChI=1S/C8H13NO/c1-6(2)8(3-9)7-4-10-5-7/h6-8H,4-5H2,1-2H3. The molecule has 2 heteroatoms. The van der Waals surface area contributed by atoms with Crippen LogP contribution in [0.2, 0.25) is 0 Å². The zero-order chi connectivity index (χ0) is 7.56. The Labute approximate surface area is 61.8 Å². The van der Waals surface area contributed by atoms with Crippen LogP contribution >= 0.6 is 0 Å². The van der Waals surface area contributed by atoms with Gasteiger partial charge in [0.1, 0.15) is 0 Å². The van der Waals surface area contributed by atoms with Gasteiger partial charge in [-0.1, -0.05) is 13.8 Å². The van der Waals surface area contributed by atoms with Crippen LogP contribution < -0.4 is 0 Å². The second-order valence-electron chi connectivity index (χ2n) is 3.20. The molecule has 0 aromatic carbocycles. The van der Waals surface area contributed by atoms with Gasteiger partial charge in [-0.25, -0.2) is 0 Å². The molecule has 0 bridgehead atoms. The van der Waals surface area contributed by atoms with E-state index < -0.39 is 0 Å². The molecule has 0 amide bonds. The normalized spacial score (nSPS) is 21.8. The maximum atomic E-state index is 8.73. The minimum Gasteiger partial charge on any atom is -0.381 e. The fourth-order valence-corrected chi connectivity index (χ4v) is 1.26. The van der Waals surface area contributed by atoms with Crippen LogP contribution in [0.25, 0.3) is 0 Å². The van der Waals surface area contributed by atoms with Crippen LogP contribution in [0.5, 0.6) is 0 Å². The maximum Gasteiger partial charge on any atom is 0.0663 e. The van der Waals surface area contributed by atoms with E-state index in [2.05, 4.69) is 19.9 Å². The first-order chi connectivity index (χ1) is 4.75. The molecule has 1 atom stereocenters. The number of ether oxygens (including phenoxy) is 1. The van der Waals surface area contributed by atoms with Crippen LogP contribution in [0.1, 0.15) is 13.8 Å². The predicted octanol–water partition coefficient (Wildman–Crippen LogP) is 1.43. The second kappa shape index (κ2) is 3.03. The molecule has 2 nitrogen and oxygen atoms in total. The molecule has 0 aromatic rings. The molecule has 10 heavy (non-hydrogen) atoms. The summed E-state index contributed by atoms with van der Waals surface area (Å²) in [6, 6.07) is 2.32. The van der Waals surface area contributed by atoms with E-state index in [4.69, 9.17) is 10.00 Å². The Morgan fingerprint density at radius 2 is 2.10 bits per heavy atom. The van der Waals surface area contributed by atoms with Gasteiger partial charge in [-0.3, -0.25) is 0 Å². The first-order valence-corrected chi connectivity index (χ1v) is 3.73. The Morgan fingerprint density at radius 3 is 2.20 bits per heavy atom. The van der Waals surface area contributed by atoms with Gasteiger partial charge in [0.15, 0.2) is 0 Å². The predicted molar refractivity (Wildman–Crippen MR) is 38.2 cm³/mol. The van der Waals surface area contributed by atoms with Gasteiger partial charge in [0.2, 0.25) is 0 Å². The summed E-state index contributed by atoms with van der Waals surface area (Å²) in [5, 5.41) is 8.73. The average molecular weight is 139 g/mol. The third-order valence-corrected chi connectivity index (χ3v) is 2.04. The summed E-state index contributed by atoms with van der Waals surface area (Å²) in [4.78, 5) is 0. The number of nitrogens with zero attached hydrogens (tertiary/aromatic N) is 1. The lowest BCUT2D eigenvalue weighted by atomic mass is 9.83. The van der Waals surface area contributed by atoms with Crippen LogP contribution in [-0.2, 0) is 4.74 Å². The Hall–Kier alpha value is -0.550. The minimum atomic E-state index is 0.203. The highest BCUT2D eigenvalue weighted by Crippen LogP contribution is 2.26. The summed E-state index contributed by atoms with van der Waals surface area (Å²) in [7, 11) is 0. The van der Waals surface area contributed by atoms with E-state index in [0.29, 0.717) is 11.8 Å². The minimum absolute atomic E-state index is 0.203. The molecule has 1 aliphatic heterocycles. The van der Waals surface area contributed by atoms with E-state index in [9.17, 15) is 0 Å². The molecular weight excluding hydrogens is 126 g/mol. The fourth-order valence-electron chi connectivity index (χ4n) is 1.26. The molecule has 0 radical (unpaired) electrons. The molecule has 1 rings (SSSR count). The molecule has 1 unspecified atom stereocenters. The zero-order valence-corrected chi connectivity index (χ0v) is 6.50. The molecule has 0 saturated carbocycles. The molecule has 56 valence electrons. The monoisotopic (exact) mass is 139 g/mol. The van der Waals surface area contributed by atoms with Gasteiger partial charge in [0, 0.05) is 5.92 Å². The summed E-state index contributed by atoms with van der Waals surface area (Å²) in [6.45, 7) is 5.76. The SMILES string of the molecule is CC(C)C(C#N)C1COC1. The summed E-state index contributed by atoms with van der Waals surface area (Å²) in [5.41, 5.74) is 0. The topological polar surface area (TPSA) is 33.0 Å². The van der Waals surface area contributed by atoms with Gasteiger partial charge in [0.05, 0.1) is 25.2 Å². The van der Waals surface area contributed by atoms with Gasteiger partial charge in [0.25, 0.3) is 0 Å². The lowest BCUT2D eigenvalue weighted by Crippen LogP contribution is -2.35. The van der Waals surface area contributed by atoms with E-state index in [0.717, 1.165) is 13.2 Å². The van der Waals surface area contributed by atoms with E-state index in [1.807, 2.05) is 0 Å². The Morgan fingerprint density at radius 1 is 1.50 bits per heavy atom. The fraction of sp³-hybridized carbons (Fsp3) is 0.875. The average Bonchev–Trinajstić information content (AvgIpc) is 1.76. The summed E-state index contributed by atoms with van der Waals surface area (Å²) >= 11 is 0. The summed E-state index contributed by atoms with van der Waals surface area (Å²) < 4.78 is 5.02. The highest BCUT2D eigenvalue weighted by molar-refractivity contribution is 4.92. The molecule has 0 aliphatic carbocycles. The van der Waals surface area contributed by atoms with Gasteiger partial charge < -0.3 is 4.74 Å².